The van der Waals surface area contributed by atoms with E-state index in [0.717, 1.165) is 0 Å². The molecule has 152 valence electrons. The van der Waals surface area contributed by atoms with Gasteiger partial charge in [-0.1, -0.05) is 36.4 Å². The Kier molecular flexibility index (Phi) is 7.88. The number of halogens is 4. The van der Waals surface area contributed by atoms with Crippen LogP contribution in [0.3, 0.4) is 0 Å². The number of thioether (sulfide) groups is 1. The maximum Gasteiger partial charge on any atom is 0.395 e. The molecule has 0 aliphatic carbocycles. The van der Waals surface area contributed by atoms with Crippen molar-refractivity contribution in [2.45, 2.75) is 31.0 Å². The molecule has 0 aromatic heterocycles. The fourth-order valence-corrected chi connectivity index (χ4v) is 3.79. The van der Waals surface area contributed by atoms with Gasteiger partial charge in [-0.25, -0.2) is 4.39 Å². The molecule has 2 aromatic carbocycles. The third-order valence-corrected chi connectivity index (χ3v) is 5.33. The Morgan fingerprint density at radius 3 is 2.25 bits per heavy atom. The maximum absolute atomic E-state index is 13.6. The second-order valence-electron chi connectivity index (χ2n) is 6.36. The minimum absolute atomic E-state index is 0.122. The lowest BCUT2D eigenvalue weighted by molar-refractivity contribution is -0.150. The van der Waals surface area contributed by atoms with Crippen LogP contribution in [0.15, 0.2) is 48.5 Å². The third-order valence-electron chi connectivity index (χ3n) is 4.28. The van der Waals surface area contributed by atoms with Gasteiger partial charge in [-0.05, 0) is 53.2 Å². The van der Waals surface area contributed by atoms with E-state index in [-0.39, 0.29) is 24.2 Å². The molecule has 0 fully saturated rings. The normalized spacial score (nSPS) is 13.9. The number of nitrogens with two attached hydrogens (primary N) is 1. The highest BCUT2D eigenvalue weighted by Gasteiger charge is 2.40. The molecule has 0 aliphatic heterocycles. The SMILES string of the molecule is NC(CCSCCC(c1cccc(-c2cccc(F)c2)c1)C(F)(F)F)C(=O)O. The number of hydrogen-bond acceptors (Lipinski definition) is 3. The highest BCUT2D eigenvalue weighted by molar-refractivity contribution is 7.99. The van der Waals surface area contributed by atoms with Gasteiger partial charge in [0.05, 0.1) is 5.92 Å². The molecular formula is C20H21F4NO2S. The molecule has 0 heterocycles. The van der Waals surface area contributed by atoms with Crippen LogP contribution in [0.1, 0.15) is 24.3 Å². The first kappa shape index (κ1) is 22.2. The maximum atomic E-state index is 13.6. The molecule has 0 radical (unpaired) electrons. The molecule has 3 nitrogen and oxygen atoms in total. The highest BCUT2D eigenvalue weighted by atomic mass is 32.2. The Bertz CT molecular complexity index is 798. The number of rotatable bonds is 9. The molecule has 0 saturated heterocycles. The number of carboxylic acid groups (broad SMARTS) is 1. The topological polar surface area (TPSA) is 63.3 Å². The zero-order chi connectivity index (χ0) is 20.7. The number of carbonyl (C=O) groups is 1. The van der Waals surface area contributed by atoms with Crippen LogP contribution in [0.25, 0.3) is 11.1 Å². The Labute approximate surface area is 164 Å². The van der Waals surface area contributed by atoms with E-state index in [9.17, 15) is 22.4 Å². The highest BCUT2D eigenvalue weighted by Crippen LogP contribution is 2.39. The van der Waals surface area contributed by atoms with E-state index in [1.807, 2.05) is 0 Å². The molecular weight excluding hydrogens is 394 g/mol. The fraction of sp³-hybridized carbons (Fsp3) is 0.350. The van der Waals surface area contributed by atoms with Gasteiger partial charge in [-0.3, -0.25) is 4.79 Å². The summed E-state index contributed by atoms with van der Waals surface area (Å²) in [5.74, 6) is -2.63. The van der Waals surface area contributed by atoms with Gasteiger partial charge in [0, 0.05) is 0 Å². The summed E-state index contributed by atoms with van der Waals surface area (Å²) in [5, 5.41) is 8.71. The summed E-state index contributed by atoms with van der Waals surface area (Å²) in [6, 6.07) is 10.8. The van der Waals surface area contributed by atoms with Gasteiger partial charge in [0.25, 0.3) is 0 Å². The van der Waals surface area contributed by atoms with Gasteiger partial charge in [0.2, 0.25) is 0 Å². The standard InChI is InChI=1S/C20H21F4NO2S/c21-16-6-2-4-14(12-16)13-3-1-5-15(11-13)17(20(22,23)24)7-9-28-10-8-18(25)19(26)27/h1-6,11-12,17-18H,7-10,25H2,(H,26,27). The van der Waals surface area contributed by atoms with Gasteiger partial charge in [0.15, 0.2) is 0 Å². The van der Waals surface area contributed by atoms with E-state index >= 15 is 0 Å². The summed E-state index contributed by atoms with van der Waals surface area (Å²) in [6.45, 7) is 0. The molecule has 2 atom stereocenters. The predicted octanol–water partition coefficient (Wildman–Crippen LogP) is 5.06. The lowest BCUT2D eigenvalue weighted by atomic mass is 9.92. The first-order valence-electron chi connectivity index (χ1n) is 8.67. The number of aliphatic carboxylic acids is 1. The molecule has 0 aliphatic rings. The third kappa shape index (κ3) is 6.53. The zero-order valence-electron chi connectivity index (χ0n) is 15.0. The Balaban J connectivity index is 2.07. The van der Waals surface area contributed by atoms with Crippen molar-refractivity contribution < 1.29 is 27.5 Å². The number of benzene rings is 2. The summed E-state index contributed by atoms with van der Waals surface area (Å²) in [5.41, 5.74) is 6.54. The van der Waals surface area contributed by atoms with E-state index < -0.39 is 29.9 Å². The minimum Gasteiger partial charge on any atom is -0.480 e. The Morgan fingerprint density at radius 2 is 1.64 bits per heavy atom. The average molecular weight is 415 g/mol. The zero-order valence-corrected chi connectivity index (χ0v) is 15.8. The Morgan fingerprint density at radius 1 is 1.04 bits per heavy atom. The summed E-state index contributed by atoms with van der Waals surface area (Å²) in [7, 11) is 0. The second-order valence-corrected chi connectivity index (χ2v) is 7.59. The molecule has 8 heteroatoms. The van der Waals surface area contributed by atoms with E-state index in [4.69, 9.17) is 10.8 Å². The summed E-state index contributed by atoms with van der Waals surface area (Å²) in [6.07, 6.45) is -4.35. The van der Waals surface area contributed by atoms with Crippen molar-refractivity contribution in [2.24, 2.45) is 5.73 Å². The van der Waals surface area contributed by atoms with Crippen LogP contribution in [0.2, 0.25) is 0 Å². The first-order chi connectivity index (χ1) is 13.2. The van der Waals surface area contributed by atoms with Crippen molar-refractivity contribution in [3.8, 4) is 11.1 Å². The molecule has 2 unspecified atom stereocenters. The number of hydrogen-bond donors (Lipinski definition) is 2. The van der Waals surface area contributed by atoms with Crippen LogP contribution in [0.4, 0.5) is 17.6 Å². The van der Waals surface area contributed by atoms with Gasteiger partial charge in [0.1, 0.15) is 11.9 Å². The van der Waals surface area contributed by atoms with Gasteiger partial charge < -0.3 is 10.8 Å². The van der Waals surface area contributed by atoms with E-state index in [1.54, 1.807) is 12.1 Å². The lowest BCUT2D eigenvalue weighted by Gasteiger charge is -2.21. The monoisotopic (exact) mass is 415 g/mol. The average Bonchev–Trinajstić information content (AvgIpc) is 2.63. The second kappa shape index (κ2) is 9.93. The van der Waals surface area contributed by atoms with Crippen molar-refractivity contribution in [1.29, 1.82) is 0 Å². The quantitative estimate of drug-likeness (QED) is 0.444. The van der Waals surface area contributed by atoms with Crippen molar-refractivity contribution in [1.82, 2.24) is 0 Å². The number of carboxylic acids is 1. The first-order valence-corrected chi connectivity index (χ1v) is 9.82. The van der Waals surface area contributed by atoms with Gasteiger partial charge in [-0.2, -0.15) is 24.9 Å². The number of alkyl halides is 3. The molecule has 3 N–H and O–H groups in total. The lowest BCUT2D eigenvalue weighted by Crippen LogP contribution is -2.30. The molecule has 0 bridgehead atoms. The minimum atomic E-state index is -4.42. The van der Waals surface area contributed by atoms with Crippen molar-refractivity contribution in [2.75, 3.05) is 11.5 Å². The fourth-order valence-electron chi connectivity index (χ4n) is 2.76. The molecule has 0 spiro atoms. The molecule has 2 aromatic rings. The van der Waals surface area contributed by atoms with Crippen molar-refractivity contribution >= 4 is 17.7 Å². The van der Waals surface area contributed by atoms with Crippen molar-refractivity contribution in [3.63, 3.8) is 0 Å². The summed E-state index contributed by atoms with van der Waals surface area (Å²) in [4.78, 5) is 10.7. The largest absolute Gasteiger partial charge is 0.480 e. The van der Waals surface area contributed by atoms with E-state index in [2.05, 4.69) is 0 Å². The van der Waals surface area contributed by atoms with Gasteiger partial charge >= 0.3 is 12.1 Å². The summed E-state index contributed by atoms with van der Waals surface area (Å²) >= 11 is 1.25. The summed E-state index contributed by atoms with van der Waals surface area (Å²) < 4.78 is 54.2. The molecule has 28 heavy (non-hydrogen) atoms. The molecule has 2 rings (SSSR count). The van der Waals surface area contributed by atoms with E-state index in [0.29, 0.717) is 16.9 Å². The van der Waals surface area contributed by atoms with Crippen LogP contribution in [-0.2, 0) is 4.79 Å². The van der Waals surface area contributed by atoms with Crippen LogP contribution in [-0.4, -0.2) is 34.8 Å². The molecule has 0 amide bonds. The Hall–Kier alpha value is -2.06. The van der Waals surface area contributed by atoms with Crippen LogP contribution < -0.4 is 5.73 Å². The molecule has 0 saturated carbocycles. The van der Waals surface area contributed by atoms with Crippen LogP contribution >= 0.6 is 11.8 Å². The van der Waals surface area contributed by atoms with Gasteiger partial charge in [-0.15, -0.1) is 0 Å². The smallest absolute Gasteiger partial charge is 0.395 e. The predicted molar refractivity (Wildman–Crippen MR) is 103 cm³/mol. The van der Waals surface area contributed by atoms with Crippen LogP contribution in [0.5, 0.6) is 0 Å². The van der Waals surface area contributed by atoms with Crippen LogP contribution in [0, 0.1) is 5.82 Å². The van der Waals surface area contributed by atoms with E-state index in [1.165, 1.54) is 48.2 Å². The van der Waals surface area contributed by atoms with Crippen molar-refractivity contribution in [3.05, 3.63) is 59.9 Å².